The lowest BCUT2D eigenvalue weighted by Gasteiger charge is -2.16. The highest BCUT2D eigenvalue weighted by molar-refractivity contribution is 7.97. The van der Waals surface area contributed by atoms with Crippen LogP contribution in [0, 0.1) is 0 Å². The van der Waals surface area contributed by atoms with Crippen LogP contribution in [0.5, 0.6) is 0 Å². The summed E-state index contributed by atoms with van der Waals surface area (Å²) in [5.41, 5.74) is 2.37. The fourth-order valence-electron chi connectivity index (χ4n) is 2.42. The van der Waals surface area contributed by atoms with E-state index < -0.39 is 0 Å². The second-order valence-electron chi connectivity index (χ2n) is 5.27. The summed E-state index contributed by atoms with van der Waals surface area (Å²) in [6.07, 6.45) is 3.44. The maximum Gasteiger partial charge on any atom is 0.322 e. The van der Waals surface area contributed by atoms with Crippen LogP contribution in [0.15, 0.2) is 70.4 Å². The number of anilines is 1. The molecule has 3 nitrogen and oxygen atoms in total. The van der Waals surface area contributed by atoms with Crippen molar-refractivity contribution in [3.63, 3.8) is 0 Å². The minimum absolute atomic E-state index is 0.763. The normalized spacial score (nSPS) is 10.8. The molecule has 4 heteroatoms. The van der Waals surface area contributed by atoms with Crippen molar-refractivity contribution in [1.82, 2.24) is 4.72 Å². The molecule has 3 aromatic rings. The van der Waals surface area contributed by atoms with E-state index in [0.717, 1.165) is 12.1 Å². The molecular formula is C18H19N2OS+. The van der Waals surface area contributed by atoms with Crippen molar-refractivity contribution in [3.05, 3.63) is 66.6 Å². The monoisotopic (exact) mass is 311 g/mol. The first-order valence-corrected chi connectivity index (χ1v) is 8.00. The van der Waals surface area contributed by atoms with Crippen LogP contribution in [0.3, 0.4) is 0 Å². The number of nitrogens with one attached hydrogen (secondary N) is 1. The van der Waals surface area contributed by atoms with Gasteiger partial charge in [-0.3, -0.25) is 4.72 Å². The van der Waals surface area contributed by atoms with Crippen LogP contribution in [0.2, 0.25) is 0 Å². The van der Waals surface area contributed by atoms with Crippen LogP contribution in [-0.4, -0.2) is 14.1 Å². The Morgan fingerprint density at radius 3 is 2.59 bits per heavy atom. The molecule has 1 heterocycles. The maximum atomic E-state index is 5.17. The van der Waals surface area contributed by atoms with E-state index in [-0.39, 0.29) is 0 Å². The van der Waals surface area contributed by atoms with Crippen molar-refractivity contribution < 1.29 is 4.42 Å². The van der Waals surface area contributed by atoms with E-state index in [1.54, 1.807) is 24.5 Å². The van der Waals surface area contributed by atoms with Crippen LogP contribution in [-0.2, 0) is 6.54 Å². The van der Waals surface area contributed by atoms with Gasteiger partial charge in [-0.15, -0.1) is 0 Å². The zero-order valence-corrected chi connectivity index (χ0v) is 13.6. The van der Waals surface area contributed by atoms with E-state index in [1.165, 1.54) is 21.4 Å². The molecule has 0 atom stereocenters. The Hall–Kier alpha value is -2.04. The first-order valence-electron chi connectivity index (χ1n) is 7.19. The average molecular weight is 311 g/mol. The topological polar surface area (TPSA) is 26.6 Å². The summed E-state index contributed by atoms with van der Waals surface area (Å²) in [5, 5.41) is 2.54. The van der Waals surface area contributed by atoms with E-state index in [0.29, 0.717) is 0 Å². The van der Waals surface area contributed by atoms with Crippen molar-refractivity contribution in [2.45, 2.75) is 11.4 Å². The molecule has 0 amide bonds. The van der Waals surface area contributed by atoms with Crippen molar-refractivity contribution in [1.29, 1.82) is 0 Å². The number of benzene rings is 2. The Kier molecular flexibility index (Phi) is 4.61. The summed E-state index contributed by atoms with van der Waals surface area (Å²) >= 11 is 1.65. The van der Waals surface area contributed by atoms with E-state index in [4.69, 9.17) is 4.42 Å². The smallest absolute Gasteiger partial charge is 0.322 e. The minimum Gasteiger partial charge on any atom is -0.377 e. The lowest BCUT2D eigenvalue weighted by Crippen LogP contribution is -2.09. The van der Waals surface area contributed by atoms with Crippen LogP contribution in [0.4, 0.5) is 5.69 Å². The molecule has 1 N–H and O–H groups in total. The first-order chi connectivity index (χ1) is 10.8. The summed E-state index contributed by atoms with van der Waals surface area (Å²) in [7, 11) is 4.15. The van der Waals surface area contributed by atoms with Gasteiger partial charge in [0.2, 0.25) is 0 Å². The number of rotatable bonds is 5. The fourth-order valence-corrected chi connectivity index (χ4v) is 3.24. The molecule has 2 aromatic carbocycles. The predicted molar refractivity (Wildman–Crippen MR) is 94.1 cm³/mol. The van der Waals surface area contributed by atoms with Gasteiger partial charge in [0.25, 0.3) is 0 Å². The molecule has 1 aromatic heterocycles. The molecule has 0 aliphatic heterocycles. The Labute approximate surface area is 135 Å². The zero-order valence-electron chi connectivity index (χ0n) is 12.7. The van der Waals surface area contributed by atoms with Crippen molar-refractivity contribution in [2.24, 2.45) is 0 Å². The molecule has 0 unspecified atom stereocenters. The Morgan fingerprint density at radius 1 is 1.00 bits per heavy atom. The third kappa shape index (κ3) is 3.24. The average Bonchev–Trinajstić information content (AvgIpc) is 2.55. The van der Waals surface area contributed by atoms with Gasteiger partial charge in [-0.2, -0.15) is 0 Å². The van der Waals surface area contributed by atoms with Crippen molar-refractivity contribution in [2.75, 3.05) is 19.0 Å². The number of hydrogen-bond acceptors (Lipinski definition) is 3. The lowest BCUT2D eigenvalue weighted by molar-refractivity contribution is 0.541. The standard InChI is InChI=1S/C18H19N2OS/c1-20(2)17-9-3-8-16-15(17)7-4-10-18(16)22-19-12-14-6-5-11-21-13-14/h3-11,13,19H,12H2,1-2H3/q+1. The number of nitrogens with zero attached hydrogens (tertiary/aromatic N) is 1. The van der Waals surface area contributed by atoms with Crippen LogP contribution < -0.4 is 9.62 Å². The first kappa shape index (κ1) is 14.9. The highest BCUT2D eigenvalue weighted by atomic mass is 32.2. The predicted octanol–water partition coefficient (Wildman–Crippen LogP) is 4.58. The summed E-state index contributed by atoms with van der Waals surface area (Å²) in [5.74, 6) is 0. The van der Waals surface area contributed by atoms with E-state index in [1.807, 2.05) is 12.1 Å². The van der Waals surface area contributed by atoms with Crippen molar-refractivity contribution >= 4 is 28.4 Å². The molecular weight excluding hydrogens is 292 g/mol. The van der Waals surface area contributed by atoms with Crippen LogP contribution in [0.25, 0.3) is 10.8 Å². The van der Waals surface area contributed by atoms with E-state index in [2.05, 4.69) is 60.1 Å². The third-order valence-corrected chi connectivity index (χ3v) is 4.35. The van der Waals surface area contributed by atoms with Crippen LogP contribution in [0.1, 0.15) is 5.56 Å². The van der Waals surface area contributed by atoms with Crippen LogP contribution >= 0.6 is 11.9 Å². The van der Waals surface area contributed by atoms with Gasteiger partial charge in [-0.1, -0.05) is 24.3 Å². The van der Waals surface area contributed by atoms with Gasteiger partial charge in [-0.25, -0.2) is 4.42 Å². The van der Waals surface area contributed by atoms with Crippen molar-refractivity contribution in [3.8, 4) is 0 Å². The Balaban J connectivity index is 1.81. The van der Waals surface area contributed by atoms with Gasteiger partial charge in [0.1, 0.15) is 0 Å². The minimum atomic E-state index is 0.763. The van der Waals surface area contributed by atoms with E-state index in [9.17, 15) is 0 Å². The van der Waals surface area contributed by atoms with E-state index >= 15 is 0 Å². The number of fused-ring (bicyclic) bond motifs is 1. The summed E-state index contributed by atoms with van der Waals surface area (Å²) in [6.45, 7) is 0.763. The highest BCUT2D eigenvalue weighted by Gasteiger charge is 2.07. The van der Waals surface area contributed by atoms with Gasteiger partial charge < -0.3 is 4.90 Å². The molecule has 0 aliphatic carbocycles. The summed E-state index contributed by atoms with van der Waals surface area (Å²) in [6, 6.07) is 16.8. The van der Waals surface area contributed by atoms with Gasteiger partial charge in [0, 0.05) is 42.7 Å². The quantitative estimate of drug-likeness (QED) is 0.551. The molecule has 0 radical (unpaired) electrons. The molecule has 0 spiro atoms. The Bertz CT molecular complexity index is 759. The second-order valence-corrected chi connectivity index (χ2v) is 6.20. The molecule has 0 saturated heterocycles. The van der Waals surface area contributed by atoms with Gasteiger partial charge in [0.05, 0.1) is 5.56 Å². The fraction of sp³-hybridized carbons (Fsp3) is 0.167. The SMILES string of the molecule is CN(C)c1cccc2c(SNCc3ccc[o+]c3)cccc12. The summed E-state index contributed by atoms with van der Waals surface area (Å²) in [4.78, 5) is 3.38. The molecule has 0 aliphatic rings. The maximum absolute atomic E-state index is 5.17. The molecule has 3 rings (SSSR count). The van der Waals surface area contributed by atoms with Gasteiger partial charge >= 0.3 is 12.5 Å². The third-order valence-electron chi connectivity index (χ3n) is 3.49. The van der Waals surface area contributed by atoms with Gasteiger partial charge in [0.15, 0.2) is 0 Å². The largest absolute Gasteiger partial charge is 0.377 e. The van der Waals surface area contributed by atoms with Gasteiger partial charge in [-0.05, 0) is 35.5 Å². The molecule has 22 heavy (non-hydrogen) atoms. The summed E-state index contributed by atoms with van der Waals surface area (Å²) < 4.78 is 8.57. The zero-order chi connectivity index (χ0) is 15.4. The lowest BCUT2D eigenvalue weighted by atomic mass is 10.1. The molecule has 112 valence electrons. The highest BCUT2D eigenvalue weighted by Crippen LogP contribution is 2.32. The Morgan fingerprint density at radius 2 is 1.82 bits per heavy atom. The molecule has 0 saturated carbocycles. The second kappa shape index (κ2) is 6.81. The number of hydrogen-bond donors (Lipinski definition) is 1. The molecule has 0 bridgehead atoms. The molecule has 0 fully saturated rings.